The quantitative estimate of drug-likeness (QED) is 0.829. The maximum Gasteiger partial charge on any atom is 0.0331 e. The summed E-state index contributed by atoms with van der Waals surface area (Å²) in [7, 11) is 0. The van der Waals surface area contributed by atoms with Crippen molar-refractivity contribution in [1.29, 1.82) is 0 Å². The lowest BCUT2D eigenvalue weighted by atomic mass is 10.1. The summed E-state index contributed by atoms with van der Waals surface area (Å²) in [4.78, 5) is 2.54. The van der Waals surface area contributed by atoms with Crippen LogP contribution in [0.3, 0.4) is 0 Å². The van der Waals surface area contributed by atoms with E-state index in [0.29, 0.717) is 12.1 Å². The Labute approximate surface area is 89.7 Å². The monoisotopic (exact) mass is 210 g/mol. The van der Waals surface area contributed by atoms with Crippen LogP contribution in [0.15, 0.2) is 16.8 Å². The topological polar surface area (TPSA) is 29.3 Å². The fourth-order valence-electron chi connectivity index (χ4n) is 2.33. The second-order valence-electron chi connectivity index (χ2n) is 4.00. The Hall–Kier alpha value is -0.380. The van der Waals surface area contributed by atoms with Gasteiger partial charge in [-0.3, -0.25) is 4.90 Å². The molecule has 1 aromatic rings. The van der Waals surface area contributed by atoms with Crippen LogP contribution in [0.1, 0.15) is 31.4 Å². The Kier molecular flexibility index (Phi) is 3.21. The average Bonchev–Trinajstić information content (AvgIpc) is 2.87. The molecule has 2 heterocycles. The van der Waals surface area contributed by atoms with Gasteiger partial charge in [0, 0.05) is 18.6 Å². The summed E-state index contributed by atoms with van der Waals surface area (Å²) in [6, 6.07) is 3.36. The molecule has 0 aliphatic carbocycles. The van der Waals surface area contributed by atoms with Crippen LogP contribution in [0.2, 0.25) is 0 Å². The van der Waals surface area contributed by atoms with Crippen LogP contribution in [-0.2, 0) is 0 Å². The van der Waals surface area contributed by atoms with Gasteiger partial charge in [-0.2, -0.15) is 11.3 Å². The Bertz CT molecular complexity index is 271. The number of nitrogens with two attached hydrogens (primary N) is 1. The molecule has 0 aromatic carbocycles. The molecule has 0 saturated carbocycles. The Morgan fingerprint density at radius 3 is 3.21 bits per heavy atom. The van der Waals surface area contributed by atoms with Gasteiger partial charge in [0.25, 0.3) is 0 Å². The second-order valence-corrected chi connectivity index (χ2v) is 4.78. The number of nitrogens with zero attached hydrogens (tertiary/aromatic N) is 1. The predicted octanol–water partition coefficient (Wildman–Crippen LogP) is 2.23. The first-order chi connectivity index (χ1) is 6.83. The van der Waals surface area contributed by atoms with Gasteiger partial charge in [-0.25, -0.2) is 0 Å². The molecule has 2 rings (SSSR count). The van der Waals surface area contributed by atoms with Crippen molar-refractivity contribution < 1.29 is 0 Å². The molecule has 1 aliphatic heterocycles. The molecular weight excluding hydrogens is 192 g/mol. The van der Waals surface area contributed by atoms with E-state index in [1.165, 1.54) is 24.9 Å². The minimum atomic E-state index is 0.539. The van der Waals surface area contributed by atoms with Crippen molar-refractivity contribution in [2.75, 3.05) is 13.1 Å². The van der Waals surface area contributed by atoms with Crippen molar-refractivity contribution in [1.82, 2.24) is 4.90 Å². The molecule has 14 heavy (non-hydrogen) atoms. The van der Waals surface area contributed by atoms with Crippen LogP contribution in [0.25, 0.3) is 0 Å². The molecule has 2 nitrogen and oxygen atoms in total. The Morgan fingerprint density at radius 1 is 1.71 bits per heavy atom. The first-order valence-corrected chi connectivity index (χ1v) is 6.25. The highest BCUT2D eigenvalue weighted by Gasteiger charge is 2.27. The van der Waals surface area contributed by atoms with Crippen molar-refractivity contribution in [3.8, 4) is 0 Å². The van der Waals surface area contributed by atoms with Gasteiger partial charge in [0.15, 0.2) is 0 Å². The van der Waals surface area contributed by atoms with Crippen LogP contribution >= 0.6 is 11.3 Å². The van der Waals surface area contributed by atoms with E-state index in [1.54, 1.807) is 11.3 Å². The normalized spacial score (nSPS) is 25.4. The zero-order valence-electron chi connectivity index (χ0n) is 8.65. The lowest BCUT2D eigenvalue weighted by molar-refractivity contribution is 0.197. The lowest BCUT2D eigenvalue weighted by Gasteiger charge is -2.29. The maximum atomic E-state index is 5.78. The number of likely N-dealkylation sites (tertiary alicyclic amines) is 1. The van der Waals surface area contributed by atoms with Crippen LogP contribution in [0, 0.1) is 0 Å². The summed E-state index contributed by atoms with van der Waals surface area (Å²) in [6.45, 7) is 4.30. The van der Waals surface area contributed by atoms with E-state index in [0.717, 1.165) is 6.54 Å². The zero-order valence-corrected chi connectivity index (χ0v) is 9.46. The molecule has 78 valence electrons. The molecule has 1 fully saturated rings. The lowest BCUT2D eigenvalue weighted by Crippen LogP contribution is -2.37. The summed E-state index contributed by atoms with van der Waals surface area (Å²) in [5.41, 5.74) is 7.22. The summed E-state index contributed by atoms with van der Waals surface area (Å²) >= 11 is 1.78. The van der Waals surface area contributed by atoms with E-state index in [-0.39, 0.29) is 0 Å². The highest BCUT2D eigenvalue weighted by molar-refractivity contribution is 7.07. The van der Waals surface area contributed by atoms with Gasteiger partial charge in [0.2, 0.25) is 0 Å². The van der Waals surface area contributed by atoms with Crippen LogP contribution in [-0.4, -0.2) is 24.0 Å². The molecule has 1 aliphatic rings. The van der Waals surface area contributed by atoms with Crippen molar-refractivity contribution in [3.63, 3.8) is 0 Å². The third-order valence-electron chi connectivity index (χ3n) is 3.22. The van der Waals surface area contributed by atoms with Crippen LogP contribution < -0.4 is 5.73 Å². The van der Waals surface area contributed by atoms with Gasteiger partial charge in [0.1, 0.15) is 0 Å². The third-order valence-corrected chi connectivity index (χ3v) is 3.92. The third kappa shape index (κ3) is 1.85. The van der Waals surface area contributed by atoms with Gasteiger partial charge in [0.05, 0.1) is 0 Å². The fourth-order valence-corrected chi connectivity index (χ4v) is 3.07. The maximum absolute atomic E-state index is 5.78. The van der Waals surface area contributed by atoms with Crippen molar-refractivity contribution in [2.24, 2.45) is 5.73 Å². The summed E-state index contributed by atoms with van der Waals surface area (Å²) in [5.74, 6) is 0. The minimum absolute atomic E-state index is 0.539. The first kappa shape index (κ1) is 10.1. The molecule has 1 saturated heterocycles. The summed E-state index contributed by atoms with van der Waals surface area (Å²) in [5, 5.41) is 4.40. The molecule has 0 amide bonds. The van der Waals surface area contributed by atoms with Crippen molar-refractivity contribution in [2.45, 2.75) is 31.8 Å². The standard InChI is InChI=1S/C11H18N2S/c1-9(10-4-6-14-8-10)13-5-2-3-11(13)7-12/h4,6,8-9,11H,2-3,5,7,12H2,1H3. The molecule has 1 aromatic heterocycles. The Morgan fingerprint density at radius 2 is 2.57 bits per heavy atom. The van der Waals surface area contributed by atoms with Gasteiger partial charge < -0.3 is 5.73 Å². The molecule has 2 unspecified atom stereocenters. The van der Waals surface area contributed by atoms with Gasteiger partial charge in [-0.1, -0.05) is 0 Å². The number of thiophene rings is 1. The van der Waals surface area contributed by atoms with E-state index >= 15 is 0 Å². The molecule has 0 spiro atoms. The van der Waals surface area contributed by atoms with Crippen LogP contribution in [0.4, 0.5) is 0 Å². The number of hydrogen-bond donors (Lipinski definition) is 1. The molecular formula is C11H18N2S. The molecule has 0 bridgehead atoms. The van der Waals surface area contributed by atoms with Gasteiger partial charge in [-0.05, 0) is 48.7 Å². The van der Waals surface area contributed by atoms with E-state index < -0.39 is 0 Å². The second kappa shape index (κ2) is 4.43. The van der Waals surface area contributed by atoms with Gasteiger partial charge >= 0.3 is 0 Å². The van der Waals surface area contributed by atoms with Crippen LogP contribution in [0.5, 0.6) is 0 Å². The number of rotatable bonds is 3. The van der Waals surface area contributed by atoms with Gasteiger partial charge in [-0.15, -0.1) is 0 Å². The first-order valence-electron chi connectivity index (χ1n) is 5.31. The van der Waals surface area contributed by atoms with Crippen molar-refractivity contribution >= 4 is 11.3 Å². The zero-order chi connectivity index (χ0) is 9.97. The smallest absolute Gasteiger partial charge is 0.0331 e. The summed E-state index contributed by atoms with van der Waals surface area (Å²) in [6.07, 6.45) is 2.57. The van der Waals surface area contributed by atoms with E-state index in [2.05, 4.69) is 28.7 Å². The highest BCUT2D eigenvalue weighted by Crippen LogP contribution is 2.29. The molecule has 0 radical (unpaired) electrons. The van der Waals surface area contributed by atoms with E-state index in [4.69, 9.17) is 5.73 Å². The van der Waals surface area contributed by atoms with E-state index in [1.807, 2.05) is 0 Å². The largest absolute Gasteiger partial charge is 0.329 e. The SMILES string of the molecule is CC(c1ccsc1)N1CCCC1CN. The summed E-state index contributed by atoms with van der Waals surface area (Å²) < 4.78 is 0. The number of hydrogen-bond acceptors (Lipinski definition) is 3. The average molecular weight is 210 g/mol. The van der Waals surface area contributed by atoms with E-state index in [9.17, 15) is 0 Å². The molecule has 2 atom stereocenters. The minimum Gasteiger partial charge on any atom is -0.329 e. The predicted molar refractivity (Wildman–Crippen MR) is 61.5 cm³/mol. The molecule has 3 heteroatoms. The Balaban J connectivity index is 2.07. The molecule has 2 N–H and O–H groups in total. The fraction of sp³-hybridized carbons (Fsp3) is 0.636. The highest BCUT2D eigenvalue weighted by atomic mass is 32.1. The van der Waals surface area contributed by atoms with Crippen molar-refractivity contribution in [3.05, 3.63) is 22.4 Å².